The van der Waals surface area contributed by atoms with Crippen molar-refractivity contribution in [1.82, 2.24) is 4.90 Å². The molecular formula is C20H25NO3. The fourth-order valence-corrected chi connectivity index (χ4v) is 3.13. The SMILES string of the molecule is CC1(c2ccccc2)OCC(CN(CCO)Cc2ccccc2)O1. The highest BCUT2D eigenvalue weighted by Crippen LogP contribution is 2.33. The predicted octanol–water partition coefficient (Wildman–Crippen LogP) is 2.77. The van der Waals surface area contributed by atoms with Crippen LogP contribution in [0.3, 0.4) is 0 Å². The molecule has 0 amide bonds. The molecule has 1 saturated heterocycles. The van der Waals surface area contributed by atoms with Gasteiger partial charge in [0.25, 0.3) is 0 Å². The van der Waals surface area contributed by atoms with Crippen molar-refractivity contribution in [2.45, 2.75) is 25.4 Å². The molecule has 1 N–H and O–H groups in total. The summed E-state index contributed by atoms with van der Waals surface area (Å²) in [4.78, 5) is 2.21. The van der Waals surface area contributed by atoms with Crippen LogP contribution in [0.15, 0.2) is 60.7 Å². The van der Waals surface area contributed by atoms with E-state index in [2.05, 4.69) is 17.0 Å². The number of benzene rings is 2. The summed E-state index contributed by atoms with van der Waals surface area (Å²) in [6, 6.07) is 20.3. The van der Waals surface area contributed by atoms with Crippen LogP contribution in [0.1, 0.15) is 18.1 Å². The minimum Gasteiger partial charge on any atom is -0.395 e. The van der Waals surface area contributed by atoms with E-state index in [1.807, 2.05) is 55.5 Å². The van der Waals surface area contributed by atoms with Gasteiger partial charge in [-0.1, -0.05) is 60.7 Å². The number of hydrogen-bond donors (Lipinski definition) is 1. The molecule has 4 heteroatoms. The van der Waals surface area contributed by atoms with Crippen molar-refractivity contribution in [2.75, 3.05) is 26.3 Å². The fraction of sp³-hybridized carbons (Fsp3) is 0.400. The van der Waals surface area contributed by atoms with Gasteiger partial charge in [0.2, 0.25) is 0 Å². The van der Waals surface area contributed by atoms with E-state index in [0.717, 1.165) is 18.7 Å². The highest BCUT2D eigenvalue weighted by atomic mass is 16.7. The molecule has 24 heavy (non-hydrogen) atoms. The van der Waals surface area contributed by atoms with Crippen molar-refractivity contribution in [3.63, 3.8) is 0 Å². The standard InChI is InChI=1S/C20H25NO3/c1-20(18-10-6-3-7-11-18)23-16-19(24-20)15-21(12-13-22)14-17-8-4-2-5-9-17/h2-11,19,22H,12-16H2,1H3. The van der Waals surface area contributed by atoms with Gasteiger partial charge in [0.05, 0.1) is 19.3 Å². The van der Waals surface area contributed by atoms with Crippen molar-refractivity contribution in [3.05, 3.63) is 71.8 Å². The van der Waals surface area contributed by atoms with Gasteiger partial charge in [-0.05, 0) is 12.5 Å². The van der Waals surface area contributed by atoms with Crippen molar-refractivity contribution < 1.29 is 14.6 Å². The number of aliphatic hydroxyl groups excluding tert-OH is 1. The maximum Gasteiger partial charge on any atom is 0.192 e. The molecule has 1 aliphatic heterocycles. The molecule has 0 spiro atoms. The maximum atomic E-state index is 9.36. The third-order valence-corrected chi connectivity index (χ3v) is 4.36. The Balaban J connectivity index is 1.62. The molecule has 1 fully saturated rings. The third-order valence-electron chi connectivity index (χ3n) is 4.36. The predicted molar refractivity (Wildman–Crippen MR) is 93.4 cm³/mol. The van der Waals surface area contributed by atoms with Crippen molar-refractivity contribution >= 4 is 0 Å². The monoisotopic (exact) mass is 327 g/mol. The molecule has 4 nitrogen and oxygen atoms in total. The Kier molecular flexibility index (Phi) is 5.63. The molecule has 2 atom stereocenters. The summed E-state index contributed by atoms with van der Waals surface area (Å²) in [7, 11) is 0. The van der Waals surface area contributed by atoms with Crippen LogP contribution in [0, 0.1) is 0 Å². The van der Waals surface area contributed by atoms with E-state index in [4.69, 9.17) is 9.47 Å². The number of nitrogens with zero attached hydrogens (tertiary/aromatic N) is 1. The zero-order chi connectivity index (χ0) is 16.8. The molecule has 1 heterocycles. The highest BCUT2D eigenvalue weighted by Gasteiger charge is 2.39. The van der Waals surface area contributed by atoms with E-state index in [-0.39, 0.29) is 12.7 Å². The van der Waals surface area contributed by atoms with E-state index >= 15 is 0 Å². The molecule has 0 saturated carbocycles. The van der Waals surface area contributed by atoms with Crippen LogP contribution in [0.25, 0.3) is 0 Å². The molecule has 0 bridgehead atoms. The third kappa shape index (κ3) is 4.22. The van der Waals surface area contributed by atoms with Crippen LogP contribution < -0.4 is 0 Å². The second-order valence-electron chi connectivity index (χ2n) is 6.31. The number of aliphatic hydroxyl groups is 1. The van der Waals surface area contributed by atoms with Gasteiger partial charge in [0.1, 0.15) is 0 Å². The summed E-state index contributed by atoms with van der Waals surface area (Å²) < 4.78 is 12.2. The number of ether oxygens (including phenoxy) is 2. The Morgan fingerprint density at radius 1 is 1.08 bits per heavy atom. The van der Waals surface area contributed by atoms with Gasteiger partial charge >= 0.3 is 0 Å². The van der Waals surface area contributed by atoms with Crippen LogP contribution in [0.2, 0.25) is 0 Å². The maximum absolute atomic E-state index is 9.36. The second kappa shape index (κ2) is 7.90. The highest BCUT2D eigenvalue weighted by molar-refractivity contribution is 5.20. The first-order chi connectivity index (χ1) is 11.7. The van der Waals surface area contributed by atoms with Gasteiger partial charge in [-0.3, -0.25) is 4.90 Å². The molecule has 2 unspecified atom stereocenters. The second-order valence-corrected chi connectivity index (χ2v) is 6.31. The lowest BCUT2D eigenvalue weighted by molar-refractivity contribution is -0.163. The van der Waals surface area contributed by atoms with Gasteiger partial charge < -0.3 is 14.6 Å². The summed E-state index contributed by atoms with van der Waals surface area (Å²) in [6.45, 7) is 4.81. The average molecular weight is 327 g/mol. The molecule has 0 radical (unpaired) electrons. The average Bonchev–Trinajstić information content (AvgIpc) is 2.99. The van der Waals surface area contributed by atoms with E-state index in [0.29, 0.717) is 13.2 Å². The van der Waals surface area contributed by atoms with E-state index < -0.39 is 5.79 Å². The number of hydrogen-bond acceptors (Lipinski definition) is 4. The largest absolute Gasteiger partial charge is 0.395 e. The molecule has 2 aromatic carbocycles. The number of rotatable bonds is 7. The zero-order valence-electron chi connectivity index (χ0n) is 14.1. The molecule has 0 aliphatic carbocycles. The van der Waals surface area contributed by atoms with Crippen LogP contribution in [-0.2, 0) is 21.8 Å². The Bertz CT molecular complexity index is 619. The summed E-state index contributed by atoms with van der Waals surface area (Å²) in [6.07, 6.45) is -0.00883. The Morgan fingerprint density at radius 3 is 2.42 bits per heavy atom. The first-order valence-corrected chi connectivity index (χ1v) is 8.44. The summed E-state index contributed by atoms with van der Waals surface area (Å²) in [5, 5.41) is 9.36. The normalized spacial score (nSPS) is 23.7. The Hall–Kier alpha value is -1.72. The topological polar surface area (TPSA) is 41.9 Å². The van der Waals surface area contributed by atoms with Gasteiger partial charge in [0, 0.05) is 25.2 Å². The molecular weight excluding hydrogens is 302 g/mol. The molecule has 0 aromatic heterocycles. The van der Waals surface area contributed by atoms with Crippen molar-refractivity contribution in [1.29, 1.82) is 0 Å². The van der Waals surface area contributed by atoms with E-state index in [1.165, 1.54) is 5.56 Å². The molecule has 3 rings (SSSR count). The Morgan fingerprint density at radius 2 is 1.75 bits per heavy atom. The minimum absolute atomic E-state index is 0.00883. The smallest absolute Gasteiger partial charge is 0.192 e. The lowest BCUT2D eigenvalue weighted by atomic mass is 10.1. The van der Waals surface area contributed by atoms with E-state index in [9.17, 15) is 5.11 Å². The summed E-state index contributed by atoms with van der Waals surface area (Å²) >= 11 is 0. The van der Waals surface area contributed by atoms with Crippen LogP contribution >= 0.6 is 0 Å². The van der Waals surface area contributed by atoms with Gasteiger partial charge in [-0.15, -0.1) is 0 Å². The molecule has 2 aromatic rings. The lowest BCUT2D eigenvalue weighted by Gasteiger charge is -2.27. The fourth-order valence-electron chi connectivity index (χ4n) is 3.13. The first-order valence-electron chi connectivity index (χ1n) is 8.44. The summed E-state index contributed by atoms with van der Waals surface area (Å²) in [5.41, 5.74) is 2.26. The van der Waals surface area contributed by atoms with Gasteiger partial charge in [-0.2, -0.15) is 0 Å². The zero-order valence-corrected chi connectivity index (χ0v) is 14.1. The van der Waals surface area contributed by atoms with Gasteiger partial charge in [-0.25, -0.2) is 0 Å². The minimum atomic E-state index is -0.691. The first kappa shape index (κ1) is 17.1. The quantitative estimate of drug-likeness (QED) is 0.849. The Labute approximate surface area is 143 Å². The lowest BCUT2D eigenvalue weighted by Crippen LogP contribution is -2.36. The van der Waals surface area contributed by atoms with Gasteiger partial charge in [0.15, 0.2) is 5.79 Å². The van der Waals surface area contributed by atoms with Crippen LogP contribution in [0.4, 0.5) is 0 Å². The van der Waals surface area contributed by atoms with Crippen molar-refractivity contribution in [2.24, 2.45) is 0 Å². The van der Waals surface area contributed by atoms with Crippen molar-refractivity contribution in [3.8, 4) is 0 Å². The van der Waals surface area contributed by atoms with E-state index in [1.54, 1.807) is 0 Å². The van der Waals surface area contributed by atoms with Crippen LogP contribution in [0.5, 0.6) is 0 Å². The summed E-state index contributed by atoms with van der Waals surface area (Å²) in [5.74, 6) is -0.691. The molecule has 128 valence electrons. The van der Waals surface area contributed by atoms with Crippen LogP contribution in [-0.4, -0.2) is 42.4 Å². The molecule has 1 aliphatic rings.